The average molecular weight is 557 g/mol. The summed E-state index contributed by atoms with van der Waals surface area (Å²) in [6.45, 7) is 13.3. The van der Waals surface area contributed by atoms with Gasteiger partial charge in [0, 0.05) is 45.2 Å². The summed E-state index contributed by atoms with van der Waals surface area (Å²) in [5, 5.41) is 4.06. The number of hydrazine groups is 2. The largest absolute Gasteiger partial charge is 0.489 e. The Morgan fingerprint density at radius 3 is 2.63 bits per heavy atom. The molecular formula is C34H44N4O3. The lowest BCUT2D eigenvalue weighted by atomic mass is 9.78. The molecule has 0 radical (unpaired) electrons. The highest BCUT2D eigenvalue weighted by Gasteiger charge is 2.33. The number of rotatable bonds is 8. The Labute approximate surface area is 245 Å². The number of anilines is 2. The molecule has 3 atom stereocenters. The van der Waals surface area contributed by atoms with Crippen LogP contribution < -0.4 is 15.2 Å². The van der Waals surface area contributed by atoms with E-state index < -0.39 is 0 Å². The summed E-state index contributed by atoms with van der Waals surface area (Å²) in [5.41, 5.74) is 12.8. The average Bonchev–Trinajstić information content (AvgIpc) is 3.13. The van der Waals surface area contributed by atoms with Crippen molar-refractivity contribution in [2.75, 3.05) is 37.7 Å². The van der Waals surface area contributed by atoms with Crippen LogP contribution in [0.4, 0.5) is 11.4 Å². The van der Waals surface area contributed by atoms with E-state index in [0.29, 0.717) is 6.61 Å². The van der Waals surface area contributed by atoms with Crippen molar-refractivity contribution in [1.29, 1.82) is 0 Å². The molecule has 0 saturated carbocycles. The van der Waals surface area contributed by atoms with Crippen LogP contribution in [0.5, 0.6) is 5.75 Å². The van der Waals surface area contributed by atoms with Gasteiger partial charge < -0.3 is 9.47 Å². The summed E-state index contributed by atoms with van der Waals surface area (Å²) in [5.74, 6) is 0.330. The first-order valence-electron chi connectivity index (χ1n) is 14.8. The molecule has 3 aromatic carbocycles. The number of para-hydroxylation sites is 1. The number of esters is 1. The number of carbonyl (C=O) groups is 1. The van der Waals surface area contributed by atoms with Crippen LogP contribution in [0.2, 0.25) is 0 Å². The van der Waals surface area contributed by atoms with Gasteiger partial charge in [-0.3, -0.25) is 20.1 Å². The van der Waals surface area contributed by atoms with E-state index in [4.69, 9.17) is 9.47 Å². The van der Waals surface area contributed by atoms with Gasteiger partial charge in [-0.2, -0.15) is 0 Å². The van der Waals surface area contributed by atoms with Gasteiger partial charge in [0.2, 0.25) is 0 Å². The van der Waals surface area contributed by atoms with Crippen LogP contribution in [0, 0.1) is 19.8 Å². The molecule has 5 rings (SSSR count). The Morgan fingerprint density at radius 2 is 1.88 bits per heavy atom. The van der Waals surface area contributed by atoms with Gasteiger partial charge in [0.05, 0.1) is 23.9 Å². The number of carbonyl (C=O) groups excluding carboxylic acids is 1. The molecule has 2 aliphatic rings. The van der Waals surface area contributed by atoms with Gasteiger partial charge in [-0.1, -0.05) is 56.3 Å². The molecule has 41 heavy (non-hydrogen) atoms. The summed E-state index contributed by atoms with van der Waals surface area (Å²) in [6, 6.07) is 19.4. The molecule has 0 aromatic heterocycles. The zero-order valence-electron chi connectivity index (χ0n) is 25.5. The number of aryl methyl sites for hydroxylation is 1. The van der Waals surface area contributed by atoms with Crippen molar-refractivity contribution in [3.63, 3.8) is 0 Å². The summed E-state index contributed by atoms with van der Waals surface area (Å²) < 4.78 is 11.9. The Hall–Kier alpha value is -3.55. The number of hydrogen-bond donors (Lipinski definition) is 1. The standard InChI is InChI=1S/C34H44N4O3/c1-8-28-21-38(19-26-12-10-11-13-31(26)41-28)20-27-18-25(15-14-22(27)3)32(24(5)34(39)40-9-2)29-16-17-30-33(23(29)4)35-37(7)36(30)6/h10-18,24,28,32,35H,8-9,19-21H2,1-7H3/t24?,28?,32-/m1/s1. The molecule has 2 unspecified atom stereocenters. The number of nitrogens with zero attached hydrogens (tertiary/aromatic N) is 3. The van der Waals surface area contributed by atoms with Crippen LogP contribution >= 0.6 is 0 Å². The summed E-state index contributed by atoms with van der Waals surface area (Å²) in [4.78, 5) is 15.7. The highest BCUT2D eigenvalue weighted by Crippen LogP contribution is 2.43. The maximum absolute atomic E-state index is 13.2. The van der Waals surface area contributed by atoms with Gasteiger partial charge in [0.1, 0.15) is 11.9 Å². The quantitative estimate of drug-likeness (QED) is 0.321. The van der Waals surface area contributed by atoms with Crippen molar-refractivity contribution < 1.29 is 14.3 Å². The molecule has 2 aliphatic heterocycles. The molecule has 0 amide bonds. The molecule has 1 N–H and O–H groups in total. The summed E-state index contributed by atoms with van der Waals surface area (Å²) >= 11 is 0. The first-order valence-corrected chi connectivity index (χ1v) is 14.8. The van der Waals surface area contributed by atoms with Crippen molar-refractivity contribution in [2.45, 2.75) is 66.2 Å². The van der Waals surface area contributed by atoms with Gasteiger partial charge in [-0.15, -0.1) is 5.12 Å². The van der Waals surface area contributed by atoms with E-state index in [1.54, 1.807) is 0 Å². The molecule has 7 nitrogen and oxygen atoms in total. The van der Waals surface area contributed by atoms with Crippen LogP contribution in [0.1, 0.15) is 66.5 Å². The lowest BCUT2D eigenvalue weighted by Gasteiger charge is -2.28. The van der Waals surface area contributed by atoms with Crippen molar-refractivity contribution in [2.24, 2.45) is 5.92 Å². The number of fused-ring (bicyclic) bond motifs is 2. The van der Waals surface area contributed by atoms with Crippen LogP contribution in [-0.2, 0) is 22.6 Å². The second kappa shape index (κ2) is 12.1. The van der Waals surface area contributed by atoms with Crippen molar-refractivity contribution >= 4 is 17.3 Å². The van der Waals surface area contributed by atoms with Crippen LogP contribution in [0.25, 0.3) is 0 Å². The van der Waals surface area contributed by atoms with Gasteiger partial charge in [0.15, 0.2) is 0 Å². The van der Waals surface area contributed by atoms with E-state index >= 15 is 0 Å². The van der Waals surface area contributed by atoms with E-state index in [2.05, 4.69) is 84.6 Å². The normalized spacial score (nSPS) is 18.5. The lowest BCUT2D eigenvalue weighted by Crippen LogP contribution is -2.34. The van der Waals surface area contributed by atoms with Crippen LogP contribution in [0.15, 0.2) is 54.6 Å². The fraction of sp³-hybridized carbons (Fsp3) is 0.441. The number of benzene rings is 3. The number of hydrogen-bond acceptors (Lipinski definition) is 7. The Bertz CT molecular complexity index is 1410. The third kappa shape index (κ3) is 5.79. The summed E-state index contributed by atoms with van der Waals surface area (Å²) in [6.07, 6.45) is 1.11. The highest BCUT2D eigenvalue weighted by atomic mass is 16.5. The minimum absolute atomic E-state index is 0.145. The van der Waals surface area contributed by atoms with Crippen molar-refractivity contribution in [3.8, 4) is 5.75 Å². The van der Waals surface area contributed by atoms with Gasteiger partial charge in [-0.25, -0.2) is 0 Å². The molecule has 3 aromatic rings. The van der Waals surface area contributed by atoms with E-state index in [9.17, 15) is 4.79 Å². The molecule has 0 spiro atoms. The number of ether oxygens (including phenoxy) is 2. The number of nitrogens with one attached hydrogen (secondary N) is 1. The monoisotopic (exact) mass is 556 g/mol. The second-order valence-electron chi connectivity index (χ2n) is 11.5. The lowest BCUT2D eigenvalue weighted by molar-refractivity contribution is -0.147. The first kappa shape index (κ1) is 29.0. The second-order valence-corrected chi connectivity index (χ2v) is 11.5. The smallest absolute Gasteiger partial charge is 0.309 e. The van der Waals surface area contributed by atoms with Crippen molar-refractivity contribution in [1.82, 2.24) is 10.0 Å². The SMILES string of the molecule is CCOC(=O)C(C)[C@H](c1ccc(C)c(CN2Cc3ccccc3OC(CC)C2)c1)c1ccc2c(c1C)NN(C)N2C. The topological polar surface area (TPSA) is 57.3 Å². The predicted octanol–water partition coefficient (Wildman–Crippen LogP) is 6.43. The Balaban J connectivity index is 1.52. The third-order valence-electron chi connectivity index (χ3n) is 8.75. The minimum Gasteiger partial charge on any atom is -0.489 e. The van der Waals surface area contributed by atoms with Crippen LogP contribution in [-0.4, -0.2) is 49.3 Å². The molecule has 0 aliphatic carbocycles. The van der Waals surface area contributed by atoms with Crippen molar-refractivity contribution in [3.05, 3.63) is 88.0 Å². The van der Waals surface area contributed by atoms with Gasteiger partial charge in [-0.05, 0) is 67.1 Å². The molecule has 0 fully saturated rings. The van der Waals surface area contributed by atoms with E-state index in [0.717, 1.165) is 59.9 Å². The van der Waals surface area contributed by atoms with Gasteiger partial charge >= 0.3 is 5.97 Å². The highest BCUT2D eigenvalue weighted by molar-refractivity contribution is 5.79. The molecule has 0 bridgehead atoms. The molecule has 7 heteroatoms. The molecule has 0 saturated heterocycles. The fourth-order valence-corrected chi connectivity index (χ4v) is 6.20. The minimum atomic E-state index is -0.345. The van der Waals surface area contributed by atoms with E-state index in [-0.39, 0.29) is 23.9 Å². The Morgan fingerprint density at radius 1 is 1.10 bits per heavy atom. The zero-order chi connectivity index (χ0) is 29.3. The van der Waals surface area contributed by atoms with E-state index in [1.807, 2.05) is 39.1 Å². The first-order chi connectivity index (χ1) is 19.7. The van der Waals surface area contributed by atoms with Gasteiger partial charge in [0.25, 0.3) is 0 Å². The molecule has 2 heterocycles. The Kier molecular flexibility index (Phi) is 8.57. The molecule has 218 valence electrons. The predicted molar refractivity (Wildman–Crippen MR) is 165 cm³/mol. The third-order valence-corrected chi connectivity index (χ3v) is 8.75. The summed E-state index contributed by atoms with van der Waals surface area (Å²) in [7, 11) is 4.04. The zero-order valence-corrected chi connectivity index (χ0v) is 25.5. The van der Waals surface area contributed by atoms with Crippen LogP contribution in [0.3, 0.4) is 0 Å². The fourth-order valence-electron chi connectivity index (χ4n) is 6.20. The maximum atomic E-state index is 13.2. The maximum Gasteiger partial charge on any atom is 0.309 e. The molecular weight excluding hydrogens is 512 g/mol. The van der Waals surface area contributed by atoms with E-state index in [1.165, 1.54) is 16.7 Å².